The van der Waals surface area contributed by atoms with Gasteiger partial charge in [-0.25, -0.2) is 0 Å². The van der Waals surface area contributed by atoms with Crippen LogP contribution in [0.2, 0.25) is 0 Å². The fourth-order valence-corrected chi connectivity index (χ4v) is 3.06. The third-order valence-electron chi connectivity index (χ3n) is 3.73. The number of hydrogen-bond acceptors (Lipinski definition) is 3. The van der Waals surface area contributed by atoms with E-state index in [4.69, 9.17) is 0 Å². The number of pyridine rings is 1. The van der Waals surface area contributed by atoms with Crippen molar-refractivity contribution < 1.29 is 0 Å². The van der Waals surface area contributed by atoms with Gasteiger partial charge in [0.2, 0.25) is 0 Å². The summed E-state index contributed by atoms with van der Waals surface area (Å²) in [5.74, 6) is 0. The highest BCUT2D eigenvalue weighted by atomic mass is 32.1. The van der Waals surface area contributed by atoms with Crippen LogP contribution in [0.5, 0.6) is 0 Å². The van der Waals surface area contributed by atoms with Gasteiger partial charge in [-0.05, 0) is 60.0 Å². The molecule has 3 nitrogen and oxygen atoms in total. The summed E-state index contributed by atoms with van der Waals surface area (Å²) in [5, 5.41) is 6.48. The molecule has 1 aromatic carbocycles. The van der Waals surface area contributed by atoms with E-state index in [2.05, 4.69) is 41.7 Å². The van der Waals surface area contributed by atoms with Crippen LogP contribution in [0.4, 0.5) is 0 Å². The van der Waals surface area contributed by atoms with Crippen molar-refractivity contribution in [2.45, 2.75) is 26.9 Å². The van der Waals surface area contributed by atoms with Gasteiger partial charge < -0.3 is 10.3 Å². The molecule has 2 N–H and O–H groups in total. The predicted octanol–water partition coefficient (Wildman–Crippen LogP) is 3.50. The lowest BCUT2D eigenvalue weighted by Crippen LogP contribution is -2.20. The summed E-state index contributed by atoms with van der Waals surface area (Å²) in [6.45, 7) is 5.52. The van der Waals surface area contributed by atoms with E-state index < -0.39 is 0 Å². The molecule has 2 aromatic heterocycles. The van der Waals surface area contributed by atoms with E-state index in [1.54, 1.807) is 11.3 Å². The standard InChI is InChI=1S/C17H18N2OS/c1-11-6-13-8-14(9-18-10-15-4-3-5-21-15)17(20)19-16(13)7-12(11)2/h3-8,18H,9-10H2,1-2H3,(H,19,20). The Balaban J connectivity index is 1.83. The third kappa shape index (κ3) is 3.06. The SMILES string of the molecule is Cc1cc2cc(CNCc3cccs3)c(=O)[nH]c2cc1C. The molecule has 0 atom stereocenters. The number of aromatic nitrogens is 1. The highest BCUT2D eigenvalue weighted by Crippen LogP contribution is 2.17. The third-order valence-corrected chi connectivity index (χ3v) is 4.61. The van der Waals surface area contributed by atoms with E-state index in [0.29, 0.717) is 6.54 Å². The van der Waals surface area contributed by atoms with Gasteiger partial charge in [-0.15, -0.1) is 11.3 Å². The Bertz CT molecular complexity index is 819. The van der Waals surface area contributed by atoms with Gasteiger partial charge in [-0.3, -0.25) is 4.79 Å². The van der Waals surface area contributed by atoms with E-state index in [1.165, 1.54) is 16.0 Å². The van der Waals surface area contributed by atoms with Gasteiger partial charge in [0.1, 0.15) is 0 Å². The number of aromatic amines is 1. The molecule has 3 rings (SSSR count). The number of fused-ring (bicyclic) bond motifs is 1. The zero-order valence-corrected chi connectivity index (χ0v) is 13.0. The fraction of sp³-hybridized carbons (Fsp3) is 0.235. The van der Waals surface area contributed by atoms with Crippen LogP contribution in [0, 0.1) is 13.8 Å². The number of benzene rings is 1. The number of hydrogen-bond donors (Lipinski definition) is 2. The lowest BCUT2D eigenvalue weighted by Gasteiger charge is -2.07. The Labute approximate surface area is 127 Å². The van der Waals surface area contributed by atoms with Gasteiger partial charge >= 0.3 is 0 Å². The summed E-state index contributed by atoms with van der Waals surface area (Å²) < 4.78 is 0. The number of H-pyrrole nitrogens is 1. The largest absolute Gasteiger partial charge is 0.322 e. The minimum Gasteiger partial charge on any atom is -0.322 e. The minimum atomic E-state index is -0.00978. The molecular formula is C17H18N2OS. The van der Waals surface area contributed by atoms with Crippen LogP contribution < -0.4 is 10.9 Å². The zero-order valence-electron chi connectivity index (χ0n) is 12.2. The summed E-state index contributed by atoms with van der Waals surface area (Å²) in [6, 6.07) is 10.3. The van der Waals surface area contributed by atoms with Crippen molar-refractivity contribution in [2.24, 2.45) is 0 Å². The molecule has 0 amide bonds. The van der Waals surface area contributed by atoms with E-state index in [1.807, 2.05) is 18.2 Å². The Hall–Kier alpha value is -1.91. The van der Waals surface area contributed by atoms with Crippen molar-refractivity contribution in [1.29, 1.82) is 0 Å². The highest BCUT2D eigenvalue weighted by molar-refractivity contribution is 7.09. The summed E-state index contributed by atoms with van der Waals surface area (Å²) in [4.78, 5) is 16.4. The van der Waals surface area contributed by atoms with Crippen LogP contribution >= 0.6 is 11.3 Å². The molecule has 4 heteroatoms. The Morgan fingerprint density at radius 3 is 2.71 bits per heavy atom. The molecule has 0 unspecified atom stereocenters. The first kappa shape index (κ1) is 14.0. The van der Waals surface area contributed by atoms with Crippen molar-refractivity contribution in [1.82, 2.24) is 10.3 Å². The van der Waals surface area contributed by atoms with Crippen LogP contribution in [0.3, 0.4) is 0 Å². The molecule has 0 bridgehead atoms. The van der Waals surface area contributed by atoms with E-state index in [-0.39, 0.29) is 5.56 Å². The summed E-state index contributed by atoms with van der Waals surface area (Å²) in [5.41, 5.74) is 4.12. The van der Waals surface area contributed by atoms with Gasteiger partial charge in [-0.1, -0.05) is 6.07 Å². The molecule has 3 aromatic rings. The number of rotatable bonds is 4. The molecule has 0 radical (unpaired) electrons. The van der Waals surface area contributed by atoms with Crippen LogP contribution in [-0.4, -0.2) is 4.98 Å². The Morgan fingerprint density at radius 1 is 1.14 bits per heavy atom. The quantitative estimate of drug-likeness (QED) is 0.774. The van der Waals surface area contributed by atoms with Gasteiger partial charge in [0.25, 0.3) is 5.56 Å². The summed E-state index contributed by atoms with van der Waals surface area (Å²) in [6.07, 6.45) is 0. The smallest absolute Gasteiger partial charge is 0.252 e. The number of thiophene rings is 1. The fourth-order valence-electron chi connectivity index (χ4n) is 2.39. The maximum absolute atomic E-state index is 12.1. The van der Waals surface area contributed by atoms with Crippen LogP contribution in [0.15, 0.2) is 40.5 Å². The van der Waals surface area contributed by atoms with E-state index in [9.17, 15) is 4.79 Å². The van der Waals surface area contributed by atoms with Crippen molar-refractivity contribution in [2.75, 3.05) is 0 Å². The average Bonchev–Trinajstić information content (AvgIpc) is 2.95. The molecule has 108 valence electrons. The summed E-state index contributed by atoms with van der Waals surface area (Å²) >= 11 is 1.72. The first-order chi connectivity index (χ1) is 10.1. The molecule has 0 aliphatic rings. The normalized spacial score (nSPS) is 11.1. The zero-order chi connectivity index (χ0) is 14.8. The first-order valence-corrected chi connectivity index (χ1v) is 7.88. The van der Waals surface area contributed by atoms with Gasteiger partial charge in [0, 0.05) is 29.0 Å². The maximum Gasteiger partial charge on any atom is 0.252 e. The van der Waals surface area contributed by atoms with Crippen LogP contribution in [0.25, 0.3) is 10.9 Å². The molecule has 0 saturated carbocycles. The molecule has 0 spiro atoms. The first-order valence-electron chi connectivity index (χ1n) is 7.00. The van der Waals surface area contributed by atoms with Crippen LogP contribution in [-0.2, 0) is 13.1 Å². The summed E-state index contributed by atoms with van der Waals surface area (Å²) in [7, 11) is 0. The molecule has 0 aliphatic heterocycles. The maximum atomic E-state index is 12.1. The lowest BCUT2D eigenvalue weighted by atomic mass is 10.1. The van der Waals surface area contributed by atoms with Crippen molar-refractivity contribution >= 4 is 22.2 Å². The van der Waals surface area contributed by atoms with E-state index in [0.717, 1.165) is 23.0 Å². The topological polar surface area (TPSA) is 44.9 Å². The van der Waals surface area contributed by atoms with Crippen molar-refractivity contribution in [3.05, 3.63) is 67.6 Å². The molecule has 0 saturated heterocycles. The van der Waals surface area contributed by atoms with Crippen LogP contribution in [0.1, 0.15) is 21.6 Å². The van der Waals surface area contributed by atoms with E-state index >= 15 is 0 Å². The van der Waals surface area contributed by atoms with Crippen molar-refractivity contribution in [3.63, 3.8) is 0 Å². The van der Waals surface area contributed by atoms with Gasteiger partial charge in [0.05, 0.1) is 0 Å². The Morgan fingerprint density at radius 2 is 1.95 bits per heavy atom. The number of nitrogens with one attached hydrogen (secondary N) is 2. The minimum absolute atomic E-state index is 0.00978. The lowest BCUT2D eigenvalue weighted by molar-refractivity contribution is 0.696. The monoisotopic (exact) mass is 298 g/mol. The highest BCUT2D eigenvalue weighted by Gasteiger charge is 2.05. The molecule has 0 aliphatic carbocycles. The van der Waals surface area contributed by atoms with Gasteiger partial charge in [0.15, 0.2) is 0 Å². The molecule has 21 heavy (non-hydrogen) atoms. The molecule has 0 fully saturated rings. The molecular weight excluding hydrogens is 280 g/mol. The Kier molecular flexibility index (Phi) is 3.90. The second-order valence-electron chi connectivity index (χ2n) is 5.33. The second-order valence-corrected chi connectivity index (χ2v) is 6.36. The van der Waals surface area contributed by atoms with Crippen molar-refractivity contribution in [3.8, 4) is 0 Å². The number of aryl methyl sites for hydroxylation is 2. The second kappa shape index (κ2) is 5.84. The average molecular weight is 298 g/mol. The predicted molar refractivity (Wildman–Crippen MR) is 88.9 cm³/mol. The van der Waals surface area contributed by atoms with Gasteiger partial charge in [-0.2, -0.15) is 0 Å². The molecule has 2 heterocycles.